The van der Waals surface area contributed by atoms with Crippen molar-refractivity contribution in [2.24, 2.45) is 0 Å². The summed E-state index contributed by atoms with van der Waals surface area (Å²) < 4.78 is 0. The number of nitrogens with zero attached hydrogens (tertiary/aromatic N) is 1. The zero-order valence-electron chi connectivity index (χ0n) is 16.3. The van der Waals surface area contributed by atoms with Crippen molar-refractivity contribution in [2.75, 3.05) is 12.3 Å². The Morgan fingerprint density at radius 3 is 2.52 bits per heavy atom. The first-order valence-electron chi connectivity index (χ1n) is 9.31. The topological polar surface area (TPSA) is 49.4 Å². The van der Waals surface area contributed by atoms with Crippen LogP contribution in [-0.2, 0) is 16.1 Å². The van der Waals surface area contributed by atoms with Gasteiger partial charge in [-0.3, -0.25) is 9.59 Å². The summed E-state index contributed by atoms with van der Waals surface area (Å²) in [6.45, 7) is 6.88. The van der Waals surface area contributed by atoms with Crippen LogP contribution in [-0.4, -0.2) is 35.1 Å². The Balaban J connectivity index is 2.11. The second kappa shape index (κ2) is 10.8. The molecule has 1 N–H and O–H groups in total. The quantitative estimate of drug-likeness (QED) is 0.664. The lowest BCUT2D eigenvalue weighted by molar-refractivity contribution is -0.138. The lowest BCUT2D eigenvalue weighted by Crippen LogP contribution is -2.48. The Hall–Kier alpha value is -2.27. The van der Waals surface area contributed by atoms with Gasteiger partial charge in [0.05, 0.1) is 5.75 Å². The molecular formula is C22H28N2O2S. The van der Waals surface area contributed by atoms with Gasteiger partial charge in [-0.2, -0.15) is 0 Å². The largest absolute Gasteiger partial charge is 0.354 e. The molecule has 0 aliphatic carbocycles. The summed E-state index contributed by atoms with van der Waals surface area (Å²) in [6, 6.07) is 17.4. The van der Waals surface area contributed by atoms with Crippen LogP contribution in [0.4, 0.5) is 0 Å². The molecule has 1 atom stereocenters. The van der Waals surface area contributed by atoms with E-state index in [0.29, 0.717) is 18.8 Å². The highest BCUT2D eigenvalue weighted by Gasteiger charge is 2.25. The number of thioether (sulfide) groups is 1. The SMILES string of the molecule is CCCNC(=O)[C@@H](C)N(Cc1cccc(C)c1)C(=O)CSc1ccccc1. The summed E-state index contributed by atoms with van der Waals surface area (Å²) in [7, 11) is 0. The molecule has 0 saturated heterocycles. The molecule has 0 radical (unpaired) electrons. The van der Waals surface area contributed by atoms with Crippen LogP contribution in [0.25, 0.3) is 0 Å². The van der Waals surface area contributed by atoms with Crippen molar-refractivity contribution in [2.45, 2.75) is 44.7 Å². The van der Waals surface area contributed by atoms with E-state index in [0.717, 1.165) is 22.4 Å². The number of nitrogens with one attached hydrogen (secondary N) is 1. The van der Waals surface area contributed by atoms with Gasteiger partial charge in [-0.25, -0.2) is 0 Å². The van der Waals surface area contributed by atoms with Crippen molar-refractivity contribution in [3.63, 3.8) is 0 Å². The summed E-state index contributed by atoms with van der Waals surface area (Å²) in [5.74, 6) is 0.161. The summed E-state index contributed by atoms with van der Waals surface area (Å²) >= 11 is 1.49. The molecule has 0 aliphatic rings. The van der Waals surface area contributed by atoms with Crippen LogP contribution in [0.2, 0.25) is 0 Å². The van der Waals surface area contributed by atoms with Crippen molar-refractivity contribution in [3.8, 4) is 0 Å². The molecule has 4 nitrogen and oxygen atoms in total. The number of hydrogen-bond donors (Lipinski definition) is 1. The van der Waals surface area contributed by atoms with E-state index < -0.39 is 6.04 Å². The zero-order chi connectivity index (χ0) is 19.6. The second-order valence-electron chi connectivity index (χ2n) is 6.58. The Labute approximate surface area is 166 Å². The van der Waals surface area contributed by atoms with E-state index in [1.165, 1.54) is 11.8 Å². The first kappa shape index (κ1) is 21.0. The van der Waals surface area contributed by atoms with E-state index in [4.69, 9.17) is 0 Å². The maximum absolute atomic E-state index is 13.0. The highest BCUT2D eigenvalue weighted by Crippen LogP contribution is 2.19. The first-order valence-corrected chi connectivity index (χ1v) is 10.3. The Morgan fingerprint density at radius 1 is 1.11 bits per heavy atom. The number of carbonyl (C=O) groups excluding carboxylic acids is 2. The monoisotopic (exact) mass is 384 g/mol. The van der Waals surface area contributed by atoms with Gasteiger partial charge in [-0.1, -0.05) is 55.0 Å². The lowest BCUT2D eigenvalue weighted by Gasteiger charge is -2.29. The van der Waals surface area contributed by atoms with Gasteiger partial charge >= 0.3 is 0 Å². The molecule has 2 rings (SSSR count). The first-order chi connectivity index (χ1) is 13.0. The molecule has 144 valence electrons. The fourth-order valence-corrected chi connectivity index (χ4v) is 3.54. The highest BCUT2D eigenvalue weighted by molar-refractivity contribution is 8.00. The molecule has 0 aliphatic heterocycles. The maximum atomic E-state index is 13.0. The van der Waals surface area contributed by atoms with E-state index in [1.54, 1.807) is 11.8 Å². The Morgan fingerprint density at radius 2 is 1.85 bits per heavy atom. The standard InChI is InChI=1S/C22H28N2O2S/c1-4-13-23-22(26)18(3)24(15-19-10-8-9-17(2)14-19)21(25)16-27-20-11-6-5-7-12-20/h5-12,14,18H,4,13,15-16H2,1-3H3,(H,23,26)/t18-/m1/s1. The van der Waals surface area contributed by atoms with Crippen LogP contribution in [0.5, 0.6) is 0 Å². The molecule has 0 bridgehead atoms. The average molecular weight is 385 g/mol. The minimum Gasteiger partial charge on any atom is -0.354 e. The molecule has 0 saturated carbocycles. The van der Waals surface area contributed by atoms with Gasteiger partial charge in [0.15, 0.2) is 0 Å². The third-order valence-electron chi connectivity index (χ3n) is 4.26. The van der Waals surface area contributed by atoms with Crippen molar-refractivity contribution in [3.05, 3.63) is 65.7 Å². The van der Waals surface area contributed by atoms with Gasteiger partial charge in [-0.15, -0.1) is 11.8 Å². The number of rotatable bonds is 9. The molecule has 2 amide bonds. The maximum Gasteiger partial charge on any atom is 0.242 e. The summed E-state index contributed by atoms with van der Waals surface area (Å²) in [4.78, 5) is 28.1. The number of hydrogen-bond acceptors (Lipinski definition) is 3. The summed E-state index contributed by atoms with van der Waals surface area (Å²) in [5.41, 5.74) is 2.17. The van der Waals surface area contributed by atoms with Crippen LogP contribution >= 0.6 is 11.8 Å². The number of amides is 2. The minimum atomic E-state index is -0.513. The van der Waals surface area contributed by atoms with Gasteiger partial charge in [-0.05, 0) is 38.0 Å². The van der Waals surface area contributed by atoms with Crippen LogP contribution < -0.4 is 5.32 Å². The average Bonchev–Trinajstić information content (AvgIpc) is 2.68. The molecule has 0 heterocycles. The third kappa shape index (κ3) is 6.75. The molecule has 0 spiro atoms. The second-order valence-corrected chi connectivity index (χ2v) is 7.63. The third-order valence-corrected chi connectivity index (χ3v) is 5.25. The van der Waals surface area contributed by atoms with Crippen LogP contribution in [0.15, 0.2) is 59.5 Å². The molecule has 2 aromatic rings. The van der Waals surface area contributed by atoms with Crippen molar-refractivity contribution in [1.29, 1.82) is 0 Å². The molecule has 0 aromatic heterocycles. The van der Waals surface area contributed by atoms with Crippen LogP contribution in [0.3, 0.4) is 0 Å². The number of carbonyl (C=O) groups is 2. The number of aryl methyl sites for hydroxylation is 1. The van der Waals surface area contributed by atoms with Gasteiger partial charge in [0, 0.05) is 18.0 Å². The van der Waals surface area contributed by atoms with Gasteiger partial charge in [0.25, 0.3) is 0 Å². The van der Waals surface area contributed by atoms with Crippen molar-refractivity contribution >= 4 is 23.6 Å². The molecule has 0 fully saturated rings. The van der Waals surface area contributed by atoms with E-state index in [2.05, 4.69) is 11.4 Å². The normalized spacial score (nSPS) is 11.7. The predicted molar refractivity (Wildman–Crippen MR) is 112 cm³/mol. The van der Waals surface area contributed by atoms with Crippen LogP contribution in [0.1, 0.15) is 31.4 Å². The lowest BCUT2D eigenvalue weighted by atomic mass is 10.1. The van der Waals surface area contributed by atoms with E-state index in [-0.39, 0.29) is 11.8 Å². The van der Waals surface area contributed by atoms with E-state index in [9.17, 15) is 9.59 Å². The van der Waals surface area contributed by atoms with Gasteiger partial charge in [0.2, 0.25) is 11.8 Å². The fraction of sp³-hybridized carbons (Fsp3) is 0.364. The molecule has 0 unspecified atom stereocenters. The van der Waals surface area contributed by atoms with Crippen LogP contribution in [0, 0.1) is 6.92 Å². The summed E-state index contributed by atoms with van der Waals surface area (Å²) in [5, 5.41) is 2.90. The van der Waals surface area contributed by atoms with Gasteiger partial charge < -0.3 is 10.2 Å². The number of benzene rings is 2. The molecular weight excluding hydrogens is 356 g/mol. The minimum absolute atomic E-state index is 0.0375. The van der Waals surface area contributed by atoms with E-state index >= 15 is 0 Å². The van der Waals surface area contributed by atoms with Gasteiger partial charge in [0.1, 0.15) is 6.04 Å². The predicted octanol–water partition coefficient (Wildman–Crippen LogP) is 4.03. The van der Waals surface area contributed by atoms with Crippen molar-refractivity contribution in [1.82, 2.24) is 10.2 Å². The zero-order valence-corrected chi connectivity index (χ0v) is 17.1. The van der Waals surface area contributed by atoms with Crippen molar-refractivity contribution < 1.29 is 9.59 Å². The molecule has 27 heavy (non-hydrogen) atoms. The summed E-state index contributed by atoms with van der Waals surface area (Å²) in [6.07, 6.45) is 0.869. The molecule has 5 heteroatoms. The highest BCUT2D eigenvalue weighted by atomic mass is 32.2. The fourth-order valence-electron chi connectivity index (χ4n) is 2.73. The smallest absolute Gasteiger partial charge is 0.242 e. The Bertz CT molecular complexity index is 749. The Kier molecular flexibility index (Phi) is 8.40. The molecule has 2 aromatic carbocycles. The van der Waals surface area contributed by atoms with E-state index in [1.807, 2.05) is 62.4 Å².